The highest BCUT2D eigenvalue weighted by Gasteiger charge is 2.25. The molecular weight excluding hydrogens is 404 g/mol. The van der Waals surface area contributed by atoms with Crippen LogP contribution in [0.4, 0.5) is 0 Å². The van der Waals surface area contributed by atoms with Gasteiger partial charge in [0.25, 0.3) is 0 Å². The quantitative estimate of drug-likeness (QED) is 0.420. The fourth-order valence-corrected chi connectivity index (χ4v) is 4.95. The summed E-state index contributed by atoms with van der Waals surface area (Å²) in [6.45, 7) is 0.151. The molecule has 2 N–H and O–H groups in total. The summed E-state index contributed by atoms with van der Waals surface area (Å²) in [5, 5.41) is 8.93. The minimum Gasteiger partial charge on any atom is -0.482 e. The van der Waals surface area contributed by atoms with Gasteiger partial charge in [0.05, 0.1) is 12.6 Å². The van der Waals surface area contributed by atoms with E-state index in [0.29, 0.717) is 18.3 Å². The molecule has 1 fully saturated rings. The number of carboxylic acid groups (broad SMARTS) is 1. The first-order chi connectivity index (χ1) is 15.7. The standard InChI is InChI=1S/C26H32N2O4/c29-25(30)18-31-24-13-5-11-22-19(9-4-12-23(22)24)14-16-32-28-26(20-7-2-1-3-8-20)21-10-6-15-27-17-21/h5-6,10-11,13-15,17,20,26,28H,1-4,7-9,12,16,18H2,(H,29,30)/b19-14-. The zero-order valence-corrected chi connectivity index (χ0v) is 18.5. The Balaban J connectivity index is 1.41. The fourth-order valence-electron chi connectivity index (χ4n) is 4.95. The number of allylic oxidation sites excluding steroid dienone is 1. The average molecular weight is 437 g/mol. The number of aromatic nitrogens is 1. The lowest BCUT2D eigenvalue weighted by molar-refractivity contribution is -0.139. The number of aliphatic carboxylic acids is 1. The van der Waals surface area contributed by atoms with Crippen molar-refractivity contribution < 1.29 is 19.5 Å². The maximum Gasteiger partial charge on any atom is 0.341 e. The van der Waals surface area contributed by atoms with Gasteiger partial charge in [0, 0.05) is 18.0 Å². The number of pyridine rings is 1. The van der Waals surface area contributed by atoms with Crippen LogP contribution in [0.5, 0.6) is 5.75 Å². The number of fused-ring (bicyclic) bond motifs is 1. The summed E-state index contributed by atoms with van der Waals surface area (Å²) in [7, 11) is 0. The summed E-state index contributed by atoms with van der Waals surface area (Å²) >= 11 is 0. The SMILES string of the molecule is O=C(O)COc1cccc2c1CCC/C2=C/CONC(c1cccnc1)C1CCCCC1. The normalized spacial score (nSPS) is 18.8. The largest absolute Gasteiger partial charge is 0.482 e. The van der Waals surface area contributed by atoms with Gasteiger partial charge in [-0.25, -0.2) is 4.79 Å². The molecule has 1 atom stereocenters. The number of hydrogen-bond acceptors (Lipinski definition) is 5. The van der Waals surface area contributed by atoms with Gasteiger partial charge in [0.2, 0.25) is 0 Å². The number of ether oxygens (including phenoxy) is 1. The van der Waals surface area contributed by atoms with Gasteiger partial charge in [-0.1, -0.05) is 43.5 Å². The van der Waals surface area contributed by atoms with E-state index in [4.69, 9.17) is 14.7 Å². The van der Waals surface area contributed by atoms with Crippen LogP contribution in [0.3, 0.4) is 0 Å². The van der Waals surface area contributed by atoms with Crippen molar-refractivity contribution in [3.05, 3.63) is 65.5 Å². The van der Waals surface area contributed by atoms with Crippen LogP contribution in [0.25, 0.3) is 5.57 Å². The van der Waals surface area contributed by atoms with Crippen molar-refractivity contribution in [3.8, 4) is 5.75 Å². The first kappa shape index (κ1) is 22.5. The van der Waals surface area contributed by atoms with E-state index in [1.54, 1.807) is 0 Å². The summed E-state index contributed by atoms with van der Waals surface area (Å²) in [6.07, 6.45) is 15.1. The molecule has 0 saturated heterocycles. The van der Waals surface area contributed by atoms with Crippen molar-refractivity contribution in [2.24, 2.45) is 5.92 Å². The molecule has 2 aromatic rings. The summed E-state index contributed by atoms with van der Waals surface area (Å²) in [6, 6.07) is 10.1. The molecule has 1 heterocycles. The average Bonchev–Trinajstić information content (AvgIpc) is 2.84. The molecule has 4 rings (SSSR count). The third kappa shape index (κ3) is 5.75. The predicted octanol–water partition coefficient (Wildman–Crippen LogP) is 5.11. The Morgan fingerprint density at radius 2 is 2.03 bits per heavy atom. The topological polar surface area (TPSA) is 80.7 Å². The number of nitrogens with one attached hydrogen (secondary N) is 1. The number of carboxylic acids is 1. The number of nitrogens with zero attached hydrogens (tertiary/aromatic N) is 1. The van der Waals surface area contributed by atoms with Gasteiger partial charge >= 0.3 is 5.97 Å². The molecule has 2 aliphatic carbocycles. The number of carbonyl (C=O) groups is 1. The Hall–Kier alpha value is -2.70. The molecule has 0 radical (unpaired) electrons. The minimum absolute atomic E-state index is 0.150. The molecule has 1 unspecified atom stereocenters. The molecule has 6 heteroatoms. The summed E-state index contributed by atoms with van der Waals surface area (Å²) < 4.78 is 5.51. The zero-order chi connectivity index (χ0) is 22.2. The van der Waals surface area contributed by atoms with Gasteiger partial charge in [-0.15, -0.1) is 0 Å². The Kier molecular flexibility index (Phi) is 7.91. The first-order valence-corrected chi connectivity index (χ1v) is 11.7. The smallest absolute Gasteiger partial charge is 0.341 e. The molecule has 6 nitrogen and oxygen atoms in total. The van der Waals surface area contributed by atoms with Gasteiger partial charge in [0.1, 0.15) is 5.75 Å². The predicted molar refractivity (Wildman–Crippen MR) is 123 cm³/mol. The lowest BCUT2D eigenvalue weighted by atomic mass is 9.82. The summed E-state index contributed by atoms with van der Waals surface area (Å²) in [5.41, 5.74) is 7.97. The Morgan fingerprint density at radius 3 is 2.81 bits per heavy atom. The third-order valence-corrected chi connectivity index (χ3v) is 6.49. The van der Waals surface area contributed by atoms with Crippen LogP contribution in [-0.4, -0.2) is 29.3 Å². The van der Waals surface area contributed by atoms with Gasteiger partial charge in [0.15, 0.2) is 6.61 Å². The summed E-state index contributed by atoms with van der Waals surface area (Å²) in [4.78, 5) is 21.2. The van der Waals surface area contributed by atoms with Crippen molar-refractivity contribution in [1.29, 1.82) is 0 Å². The fraction of sp³-hybridized carbons (Fsp3) is 0.462. The molecule has 1 aromatic carbocycles. The van der Waals surface area contributed by atoms with Gasteiger partial charge in [-0.2, -0.15) is 5.48 Å². The Labute approximate surface area is 189 Å². The molecular formula is C26H32N2O4. The maximum atomic E-state index is 10.9. The van der Waals surface area contributed by atoms with E-state index in [0.717, 1.165) is 30.4 Å². The molecule has 0 amide bonds. The highest BCUT2D eigenvalue weighted by atomic mass is 16.6. The molecule has 32 heavy (non-hydrogen) atoms. The van der Waals surface area contributed by atoms with Crippen LogP contribution in [0.2, 0.25) is 0 Å². The third-order valence-electron chi connectivity index (χ3n) is 6.49. The van der Waals surface area contributed by atoms with Crippen LogP contribution in [0.1, 0.15) is 67.7 Å². The van der Waals surface area contributed by atoms with Crippen molar-refractivity contribution in [3.63, 3.8) is 0 Å². The minimum atomic E-state index is -0.963. The van der Waals surface area contributed by atoms with E-state index in [1.807, 2.05) is 30.6 Å². The van der Waals surface area contributed by atoms with Gasteiger partial charge in [-0.3, -0.25) is 9.82 Å². The Bertz CT molecular complexity index is 923. The number of hydroxylamine groups is 1. The second-order valence-corrected chi connectivity index (χ2v) is 8.64. The number of rotatable bonds is 9. The van der Waals surface area contributed by atoms with Crippen LogP contribution < -0.4 is 10.2 Å². The highest BCUT2D eigenvalue weighted by molar-refractivity contribution is 5.73. The van der Waals surface area contributed by atoms with Crippen molar-refractivity contribution >= 4 is 11.5 Å². The molecule has 2 aliphatic rings. The van der Waals surface area contributed by atoms with E-state index in [2.05, 4.69) is 28.7 Å². The highest BCUT2D eigenvalue weighted by Crippen LogP contribution is 2.36. The van der Waals surface area contributed by atoms with E-state index in [9.17, 15) is 4.79 Å². The van der Waals surface area contributed by atoms with E-state index < -0.39 is 5.97 Å². The summed E-state index contributed by atoms with van der Waals surface area (Å²) in [5.74, 6) is 0.267. The number of hydrogen-bond donors (Lipinski definition) is 2. The van der Waals surface area contributed by atoms with Crippen molar-refractivity contribution in [1.82, 2.24) is 10.5 Å². The van der Waals surface area contributed by atoms with E-state index >= 15 is 0 Å². The molecule has 1 saturated carbocycles. The maximum absolute atomic E-state index is 10.9. The lowest BCUT2D eigenvalue weighted by Gasteiger charge is -2.30. The van der Waals surface area contributed by atoms with Gasteiger partial charge in [-0.05, 0) is 66.9 Å². The first-order valence-electron chi connectivity index (χ1n) is 11.7. The Morgan fingerprint density at radius 1 is 1.16 bits per heavy atom. The van der Waals surface area contributed by atoms with Crippen LogP contribution in [-0.2, 0) is 16.1 Å². The molecule has 0 aliphatic heterocycles. The van der Waals surface area contributed by atoms with Crippen LogP contribution in [0, 0.1) is 5.92 Å². The monoisotopic (exact) mass is 436 g/mol. The number of benzene rings is 1. The second kappa shape index (κ2) is 11.2. The van der Waals surface area contributed by atoms with Crippen molar-refractivity contribution in [2.75, 3.05) is 13.2 Å². The lowest BCUT2D eigenvalue weighted by Crippen LogP contribution is -2.30. The van der Waals surface area contributed by atoms with Gasteiger partial charge < -0.3 is 9.84 Å². The second-order valence-electron chi connectivity index (χ2n) is 8.64. The molecule has 0 spiro atoms. The molecule has 1 aromatic heterocycles. The van der Waals surface area contributed by atoms with Crippen LogP contribution >= 0.6 is 0 Å². The van der Waals surface area contributed by atoms with E-state index in [-0.39, 0.29) is 12.6 Å². The van der Waals surface area contributed by atoms with Crippen LogP contribution in [0.15, 0.2) is 48.8 Å². The molecule has 170 valence electrons. The van der Waals surface area contributed by atoms with E-state index in [1.165, 1.54) is 43.2 Å². The van der Waals surface area contributed by atoms with Crippen molar-refractivity contribution in [2.45, 2.75) is 57.4 Å². The zero-order valence-electron chi connectivity index (χ0n) is 18.5. The molecule has 0 bridgehead atoms.